The molecule has 0 amide bonds. The molecule has 1 saturated heterocycles. The Hall–Kier alpha value is -0.600. The number of aliphatic hydroxyl groups excluding tert-OH is 1. The minimum absolute atomic E-state index is 0.239. The van der Waals surface area contributed by atoms with Crippen LogP contribution in [0, 0.1) is 17.8 Å². The van der Waals surface area contributed by atoms with Crippen LogP contribution in [-0.4, -0.2) is 24.9 Å². The van der Waals surface area contributed by atoms with Crippen molar-refractivity contribution in [3.05, 3.63) is 23.8 Å². The van der Waals surface area contributed by atoms with Gasteiger partial charge in [-0.2, -0.15) is 0 Å². The monoisotopic (exact) mass is 180 g/mol. The van der Waals surface area contributed by atoms with E-state index in [2.05, 4.69) is 25.2 Å². The van der Waals surface area contributed by atoms with Gasteiger partial charge in [0.05, 0.1) is 13.2 Å². The van der Waals surface area contributed by atoms with Crippen molar-refractivity contribution in [2.75, 3.05) is 19.8 Å². The summed E-state index contributed by atoms with van der Waals surface area (Å²) in [4.78, 5) is 0. The highest BCUT2D eigenvalue weighted by Crippen LogP contribution is 2.35. The lowest BCUT2D eigenvalue weighted by molar-refractivity contribution is 0.183. The first-order valence-corrected chi connectivity index (χ1v) is 4.90. The van der Waals surface area contributed by atoms with E-state index in [1.807, 2.05) is 0 Å². The fraction of sp³-hybridized carbons (Fsp3) is 0.636. The largest absolute Gasteiger partial charge is 0.396 e. The van der Waals surface area contributed by atoms with Crippen LogP contribution in [0.25, 0.3) is 0 Å². The van der Waals surface area contributed by atoms with Gasteiger partial charge in [-0.3, -0.25) is 0 Å². The Bertz CT molecular complexity index is 242. The predicted octanol–water partition coefficient (Wildman–Crippen LogP) is 1.37. The second-order valence-corrected chi connectivity index (χ2v) is 3.94. The van der Waals surface area contributed by atoms with Crippen molar-refractivity contribution in [3.63, 3.8) is 0 Å². The minimum atomic E-state index is 0.239. The number of allylic oxidation sites excluding steroid dienone is 2. The van der Waals surface area contributed by atoms with Gasteiger partial charge >= 0.3 is 0 Å². The third kappa shape index (κ3) is 1.56. The molecule has 1 fully saturated rings. The maximum atomic E-state index is 9.10. The van der Waals surface area contributed by atoms with Gasteiger partial charge in [-0.05, 0) is 0 Å². The number of ether oxygens (including phenoxy) is 1. The van der Waals surface area contributed by atoms with Crippen molar-refractivity contribution in [1.82, 2.24) is 0 Å². The van der Waals surface area contributed by atoms with E-state index in [1.54, 1.807) is 0 Å². The summed E-state index contributed by atoms with van der Waals surface area (Å²) in [7, 11) is 0. The van der Waals surface area contributed by atoms with E-state index < -0.39 is 0 Å². The Kier molecular flexibility index (Phi) is 2.51. The van der Waals surface area contributed by atoms with Gasteiger partial charge in [-0.1, -0.05) is 30.7 Å². The van der Waals surface area contributed by atoms with Crippen LogP contribution in [0.5, 0.6) is 0 Å². The topological polar surface area (TPSA) is 29.5 Å². The molecule has 0 spiro atoms. The lowest BCUT2D eigenvalue weighted by atomic mass is 9.79. The molecule has 3 atom stereocenters. The van der Waals surface area contributed by atoms with Crippen LogP contribution < -0.4 is 0 Å². The molecule has 72 valence electrons. The van der Waals surface area contributed by atoms with Crippen LogP contribution in [0.4, 0.5) is 0 Å². The van der Waals surface area contributed by atoms with E-state index in [-0.39, 0.29) is 12.5 Å². The van der Waals surface area contributed by atoms with Gasteiger partial charge in [-0.25, -0.2) is 0 Å². The molecule has 0 aromatic carbocycles. The molecular weight excluding hydrogens is 164 g/mol. The van der Waals surface area contributed by atoms with E-state index in [9.17, 15) is 0 Å². The molecular formula is C11H16O2. The molecule has 0 bridgehead atoms. The predicted molar refractivity (Wildman–Crippen MR) is 51.3 cm³/mol. The molecule has 2 heteroatoms. The number of aliphatic hydroxyl groups is 1. The van der Waals surface area contributed by atoms with E-state index in [4.69, 9.17) is 9.84 Å². The quantitative estimate of drug-likeness (QED) is 0.695. The van der Waals surface area contributed by atoms with Crippen molar-refractivity contribution < 1.29 is 9.84 Å². The summed E-state index contributed by atoms with van der Waals surface area (Å²) in [6.45, 7) is 3.98. The van der Waals surface area contributed by atoms with Crippen LogP contribution in [0.2, 0.25) is 0 Å². The first-order chi connectivity index (χ1) is 6.33. The Morgan fingerprint density at radius 2 is 2.46 bits per heavy atom. The average molecular weight is 180 g/mol. The summed E-state index contributed by atoms with van der Waals surface area (Å²) in [5, 5.41) is 9.10. The second kappa shape index (κ2) is 3.64. The number of hydrogen-bond donors (Lipinski definition) is 1. The Morgan fingerprint density at radius 1 is 1.62 bits per heavy atom. The van der Waals surface area contributed by atoms with Crippen molar-refractivity contribution in [2.24, 2.45) is 17.8 Å². The summed E-state index contributed by atoms with van der Waals surface area (Å²) >= 11 is 0. The standard InChI is InChI=1S/C11H16O2/c1-8(5-12)10-4-2-3-9-6-13-7-11(9)10/h2-4,8-9,11-12H,5-7H2,1H3. The molecule has 0 saturated carbocycles. The molecule has 1 aliphatic carbocycles. The minimum Gasteiger partial charge on any atom is -0.396 e. The maximum absolute atomic E-state index is 9.10. The Morgan fingerprint density at radius 3 is 3.23 bits per heavy atom. The van der Waals surface area contributed by atoms with Crippen LogP contribution >= 0.6 is 0 Å². The number of rotatable bonds is 2. The fourth-order valence-corrected chi connectivity index (χ4v) is 2.17. The molecule has 2 nitrogen and oxygen atoms in total. The molecule has 13 heavy (non-hydrogen) atoms. The molecule has 2 rings (SSSR count). The lowest BCUT2D eigenvalue weighted by Crippen LogP contribution is -2.21. The molecule has 0 radical (unpaired) electrons. The zero-order valence-electron chi connectivity index (χ0n) is 7.94. The van der Waals surface area contributed by atoms with Crippen molar-refractivity contribution >= 4 is 0 Å². The molecule has 2 aliphatic rings. The highest BCUT2D eigenvalue weighted by molar-refractivity contribution is 5.26. The third-order valence-corrected chi connectivity index (χ3v) is 3.04. The van der Waals surface area contributed by atoms with E-state index >= 15 is 0 Å². The van der Waals surface area contributed by atoms with E-state index in [0.717, 1.165) is 13.2 Å². The average Bonchev–Trinajstić information content (AvgIpc) is 2.63. The molecule has 0 aromatic heterocycles. The highest BCUT2D eigenvalue weighted by Gasteiger charge is 2.32. The van der Waals surface area contributed by atoms with Gasteiger partial charge in [-0.15, -0.1) is 0 Å². The van der Waals surface area contributed by atoms with Gasteiger partial charge in [0.15, 0.2) is 0 Å². The zero-order chi connectivity index (χ0) is 9.26. The summed E-state index contributed by atoms with van der Waals surface area (Å²) in [5.74, 6) is 1.35. The van der Waals surface area contributed by atoms with Crippen molar-refractivity contribution in [2.45, 2.75) is 6.92 Å². The van der Waals surface area contributed by atoms with Crippen LogP contribution in [0.1, 0.15) is 6.92 Å². The van der Waals surface area contributed by atoms with E-state index in [0.29, 0.717) is 11.8 Å². The maximum Gasteiger partial charge on any atom is 0.0538 e. The lowest BCUT2D eigenvalue weighted by Gasteiger charge is -2.25. The SMILES string of the molecule is CC(CO)C1=CC=CC2COCC12. The van der Waals surface area contributed by atoms with Gasteiger partial charge in [0.25, 0.3) is 0 Å². The summed E-state index contributed by atoms with van der Waals surface area (Å²) in [6, 6.07) is 0. The number of fused-ring (bicyclic) bond motifs is 1. The summed E-state index contributed by atoms with van der Waals surface area (Å²) in [6.07, 6.45) is 6.44. The number of hydrogen-bond acceptors (Lipinski definition) is 2. The van der Waals surface area contributed by atoms with Gasteiger partial charge < -0.3 is 9.84 Å². The molecule has 1 N–H and O–H groups in total. The first-order valence-electron chi connectivity index (χ1n) is 4.90. The third-order valence-electron chi connectivity index (χ3n) is 3.04. The van der Waals surface area contributed by atoms with Gasteiger partial charge in [0.1, 0.15) is 0 Å². The van der Waals surface area contributed by atoms with Crippen LogP contribution in [0.3, 0.4) is 0 Å². The molecule has 3 unspecified atom stereocenters. The summed E-state index contributed by atoms with van der Waals surface area (Å²) in [5.41, 5.74) is 1.35. The van der Waals surface area contributed by atoms with Crippen molar-refractivity contribution in [1.29, 1.82) is 0 Å². The Balaban J connectivity index is 2.17. The molecule has 1 heterocycles. The van der Waals surface area contributed by atoms with E-state index in [1.165, 1.54) is 5.57 Å². The highest BCUT2D eigenvalue weighted by atomic mass is 16.5. The van der Waals surface area contributed by atoms with Crippen LogP contribution in [0.15, 0.2) is 23.8 Å². The Labute approximate surface area is 78.9 Å². The second-order valence-electron chi connectivity index (χ2n) is 3.94. The zero-order valence-corrected chi connectivity index (χ0v) is 7.94. The van der Waals surface area contributed by atoms with Gasteiger partial charge in [0, 0.05) is 24.4 Å². The van der Waals surface area contributed by atoms with Crippen molar-refractivity contribution in [3.8, 4) is 0 Å². The molecule has 0 aromatic rings. The summed E-state index contributed by atoms with van der Waals surface area (Å²) < 4.78 is 5.44. The molecule has 1 aliphatic heterocycles. The van der Waals surface area contributed by atoms with Crippen LogP contribution in [-0.2, 0) is 4.74 Å². The fourth-order valence-electron chi connectivity index (χ4n) is 2.17. The van der Waals surface area contributed by atoms with Gasteiger partial charge in [0.2, 0.25) is 0 Å². The smallest absolute Gasteiger partial charge is 0.0538 e. The first kappa shape index (κ1) is 8.97. The normalized spacial score (nSPS) is 34.2.